The number of aromatic nitrogens is 1. The van der Waals surface area contributed by atoms with Crippen molar-refractivity contribution >= 4 is 33.4 Å². The molecule has 0 amide bonds. The Morgan fingerprint density at radius 1 is 1.65 bits per heavy atom. The second-order valence-electron chi connectivity index (χ2n) is 4.42. The first-order valence-electron chi connectivity index (χ1n) is 6.14. The summed E-state index contributed by atoms with van der Waals surface area (Å²) < 4.78 is 0.484. The molecule has 110 valence electrons. The minimum Gasteiger partial charge on any atom is -0.481 e. The lowest BCUT2D eigenvalue weighted by atomic mass is 10.1. The molecular formula is C12H16BrN3O4. The van der Waals surface area contributed by atoms with Gasteiger partial charge in [-0.3, -0.25) is 14.9 Å². The molecule has 1 aromatic heterocycles. The lowest BCUT2D eigenvalue weighted by molar-refractivity contribution is -0.385. The number of anilines is 1. The Kier molecular flexibility index (Phi) is 5.87. The maximum atomic E-state index is 10.8. The molecule has 0 aliphatic carbocycles. The number of nitro groups is 1. The van der Waals surface area contributed by atoms with Crippen LogP contribution in [0.4, 0.5) is 11.5 Å². The van der Waals surface area contributed by atoms with E-state index in [1.807, 2.05) is 6.92 Å². The van der Waals surface area contributed by atoms with E-state index in [1.165, 1.54) is 6.20 Å². The largest absolute Gasteiger partial charge is 0.481 e. The molecule has 20 heavy (non-hydrogen) atoms. The molecule has 2 N–H and O–H groups in total. The molecule has 1 rings (SSSR count). The third kappa shape index (κ3) is 4.16. The predicted molar refractivity (Wildman–Crippen MR) is 77.9 cm³/mol. The van der Waals surface area contributed by atoms with Gasteiger partial charge in [-0.05, 0) is 29.3 Å². The van der Waals surface area contributed by atoms with Crippen molar-refractivity contribution in [2.24, 2.45) is 0 Å². The number of nitrogens with zero attached hydrogens (tertiary/aromatic N) is 2. The van der Waals surface area contributed by atoms with Crippen LogP contribution in [0, 0.1) is 17.0 Å². The van der Waals surface area contributed by atoms with Crippen molar-refractivity contribution in [2.75, 3.05) is 5.32 Å². The molecule has 1 heterocycles. The van der Waals surface area contributed by atoms with Gasteiger partial charge in [-0.2, -0.15) is 0 Å². The number of hydrogen-bond acceptors (Lipinski definition) is 5. The number of halogens is 1. The van der Waals surface area contributed by atoms with Crippen LogP contribution >= 0.6 is 15.9 Å². The average molecular weight is 346 g/mol. The lowest BCUT2D eigenvalue weighted by Crippen LogP contribution is -2.24. The van der Waals surface area contributed by atoms with E-state index in [0.717, 1.165) is 6.42 Å². The molecule has 0 bridgehead atoms. The number of hydrogen-bond donors (Lipinski definition) is 2. The third-order valence-corrected chi connectivity index (χ3v) is 3.80. The van der Waals surface area contributed by atoms with E-state index in [9.17, 15) is 14.9 Å². The molecule has 0 fully saturated rings. The minimum atomic E-state index is -0.897. The molecule has 0 saturated carbocycles. The number of aliphatic carboxylic acids is 1. The molecule has 0 aromatic carbocycles. The standard InChI is InChI=1S/C12H16BrN3O4/c1-3-4-8(5-10(17)18)15-12-11(13)7(2)9(6-14-12)16(19)20/h6,8H,3-5H2,1-2H3,(H,14,15)(H,17,18). The molecule has 8 heteroatoms. The van der Waals surface area contributed by atoms with Gasteiger partial charge < -0.3 is 10.4 Å². The van der Waals surface area contributed by atoms with Gasteiger partial charge in [-0.1, -0.05) is 13.3 Å². The number of nitrogens with one attached hydrogen (secondary N) is 1. The second-order valence-corrected chi connectivity index (χ2v) is 5.21. The fraction of sp³-hybridized carbons (Fsp3) is 0.500. The van der Waals surface area contributed by atoms with E-state index < -0.39 is 10.9 Å². The van der Waals surface area contributed by atoms with Crippen LogP contribution in [0.25, 0.3) is 0 Å². The van der Waals surface area contributed by atoms with Gasteiger partial charge in [-0.25, -0.2) is 4.98 Å². The minimum absolute atomic E-state index is 0.0298. The van der Waals surface area contributed by atoms with Crippen molar-refractivity contribution < 1.29 is 14.8 Å². The molecule has 1 atom stereocenters. The van der Waals surface area contributed by atoms with Crippen LogP contribution < -0.4 is 5.32 Å². The van der Waals surface area contributed by atoms with E-state index in [4.69, 9.17) is 5.11 Å². The lowest BCUT2D eigenvalue weighted by Gasteiger charge is -2.18. The molecule has 1 unspecified atom stereocenters. The van der Waals surface area contributed by atoms with Crippen LogP contribution in [0.2, 0.25) is 0 Å². The van der Waals surface area contributed by atoms with Crippen molar-refractivity contribution in [3.05, 3.63) is 26.3 Å². The van der Waals surface area contributed by atoms with Gasteiger partial charge >= 0.3 is 5.97 Å². The van der Waals surface area contributed by atoms with Crippen LogP contribution in [0.3, 0.4) is 0 Å². The Morgan fingerprint density at radius 3 is 2.80 bits per heavy atom. The zero-order chi connectivity index (χ0) is 15.3. The van der Waals surface area contributed by atoms with Crippen molar-refractivity contribution in [1.29, 1.82) is 0 Å². The summed E-state index contributed by atoms with van der Waals surface area (Å²) in [6.07, 6.45) is 2.65. The summed E-state index contributed by atoms with van der Waals surface area (Å²) in [7, 11) is 0. The molecule has 0 spiro atoms. The first kappa shape index (κ1) is 16.4. The highest BCUT2D eigenvalue weighted by molar-refractivity contribution is 9.10. The third-order valence-electron chi connectivity index (χ3n) is 2.83. The molecule has 0 aliphatic heterocycles. The van der Waals surface area contributed by atoms with Crippen molar-refractivity contribution in [2.45, 2.75) is 39.2 Å². The fourth-order valence-corrected chi connectivity index (χ4v) is 2.25. The summed E-state index contributed by atoms with van der Waals surface area (Å²) in [4.78, 5) is 25.1. The van der Waals surface area contributed by atoms with Crippen LogP contribution in [0.1, 0.15) is 31.7 Å². The van der Waals surface area contributed by atoms with Crippen LogP contribution in [-0.2, 0) is 4.79 Å². The maximum Gasteiger partial charge on any atom is 0.305 e. The molecule has 0 saturated heterocycles. The average Bonchev–Trinajstić information content (AvgIpc) is 2.34. The Bertz CT molecular complexity index is 522. The predicted octanol–water partition coefficient (Wildman–Crippen LogP) is 3.12. The van der Waals surface area contributed by atoms with Crippen LogP contribution in [0.5, 0.6) is 0 Å². The molecule has 0 aliphatic rings. The summed E-state index contributed by atoms with van der Waals surface area (Å²) >= 11 is 3.27. The SMILES string of the molecule is CCCC(CC(=O)O)Nc1ncc([N+](=O)[O-])c(C)c1Br. The number of carboxylic acids is 1. The Morgan fingerprint density at radius 2 is 2.30 bits per heavy atom. The van der Waals surface area contributed by atoms with Crippen molar-refractivity contribution in [1.82, 2.24) is 4.98 Å². The zero-order valence-electron chi connectivity index (χ0n) is 11.2. The maximum absolute atomic E-state index is 10.8. The van der Waals surface area contributed by atoms with E-state index in [2.05, 4.69) is 26.2 Å². The van der Waals surface area contributed by atoms with Gasteiger partial charge in [-0.15, -0.1) is 0 Å². The van der Waals surface area contributed by atoms with E-state index in [1.54, 1.807) is 6.92 Å². The van der Waals surface area contributed by atoms with Gasteiger partial charge in [0.15, 0.2) is 0 Å². The number of rotatable bonds is 7. The summed E-state index contributed by atoms with van der Waals surface area (Å²) in [6, 6.07) is -0.262. The summed E-state index contributed by atoms with van der Waals surface area (Å²) in [5, 5.41) is 22.7. The first-order valence-corrected chi connectivity index (χ1v) is 6.93. The monoisotopic (exact) mass is 345 g/mol. The highest BCUT2D eigenvalue weighted by Crippen LogP contribution is 2.31. The molecule has 7 nitrogen and oxygen atoms in total. The highest BCUT2D eigenvalue weighted by Gasteiger charge is 2.20. The number of pyridine rings is 1. The van der Waals surface area contributed by atoms with Gasteiger partial charge in [0, 0.05) is 11.6 Å². The zero-order valence-corrected chi connectivity index (χ0v) is 12.8. The Labute approximate surface area is 124 Å². The van der Waals surface area contributed by atoms with Gasteiger partial charge in [0.25, 0.3) is 5.69 Å². The second kappa shape index (κ2) is 7.18. The van der Waals surface area contributed by atoms with Crippen molar-refractivity contribution in [3.63, 3.8) is 0 Å². The van der Waals surface area contributed by atoms with E-state index in [0.29, 0.717) is 22.3 Å². The Balaban J connectivity index is 2.98. The normalized spacial score (nSPS) is 11.9. The van der Waals surface area contributed by atoms with E-state index >= 15 is 0 Å². The summed E-state index contributed by atoms with van der Waals surface area (Å²) in [5.41, 5.74) is 0.380. The number of carboxylic acid groups (broad SMARTS) is 1. The van der Waals surface area contributed by atoms with Gasteiger partial charge in [0.1, 0.15) is 12.0 Å². The highest BCUT2D eigenvalue weighted by atomic mass is 79.9. The van der Waals surface area contributed by atoms with Crippen LogP contribution in [-0.4, -0.2) is 27.0 Å². The summed E-state index contributed by atoms with van der Waals surface area (Å²) in [6.45, 7) is 3.57. The van der Waals surface area contributed by atoms with Gasteiger partial charge in [0.05, 0.1) is 15.8 Å². The summed E-state index contributed by atoms with van der Waals surface area (Å²) in [5.74, 6) is -0.474. The number of carbonyl (C=O) groups is 1. The smallest absolute Gasteiger partial charge is 0.305 e. The molecule has 0 radical (unpaired) electrons. The van der Waals surface area contributed by atoms with Crippen molar-refractivity contribution in [3.8, 4) is 0 Å². The Hall–Kier alpha value is -1.70. The van der Waals surface area contributed by atoms with Gasteiger partial charge in [0.2, 0.25) is 0 Å². The first-order chi connectivity index (χ1) is 9.36. The van der Waals surface area contributed by atoms with E-state index in [-0.39, 0.29) is 18.2 Å². The molecular weight excluding hydrogens is 330 g/mol. The fourth-order valence-electron chi connectivity index (χ4n) is 1.83. The molecule has 1 aromatic rings. The quantitative estimate of drug-likeness (QED) is 0.580. The topological polar surface area (TPSA) is 105 Å². The van der Waals surface area contributed by atoms with Crippen LogP contribution in [0.15, 0.2) is 10.7 Å².